The Balaban J connectivity index is 1.93. The molecule has 0 fully saturated rings. The van der Waals surface area contributed by atoms with E-state index in [1.54, 1.807) is 49.4 Å². The number of aliphatic hydroxyl groups excluding tert-OH is 1. The monoisotopic (exact) mass is 398 g/mol. The summed E-state index contributed by atoms with van der Waals surface area (Å²) in [5.74, 6) is -1.58. The Morgan fingerprint density at radius 1 is 0.966 bits per heavy atom. The molecule has 0 aromatic heterocycles. The van der Waals surface area contributed by atoms with Gasteiger partial charge in [-0.3, -0.25) is 9.59 Å². The molecular formula is C22H26N2O5. The van der Waals surface area contributed by atoms with Crippen LogP contribution in [0.25, 0.3) is 0 Å². The van der Waals surface area contributed by atoms with Crippen LogP contribution in [0.5, 0.6) is 0 Å². The Kier molecular flexibility index (Phi) is 8.36. The second kappa shape index (κ2) is 11.0. The Hall–Kier alpha value is -3.19. The molecule has 2 atom stereocenters. The molecule has 0 heterocycles. The molecule has 2 amide bonds. The molecule has 0 radical (unpaired) electrons. The van der Waals surface area contributed by atoms with Crippen molar-refractivity contribution in [2.75, 3.05) is 11.9 Å². The van der Waals surface area contributed by atoms with Gasteiger partial charge in [0.2, 0.25) is 11.8 Å². The van der Waals surface area contributed by atoms with Gasteiger partial charge in [-0.15, -0.1) is 0 Å². The van der Waals surface area contributed by atoms with Crippen molar-refractivity contribution in [3.05, 3.63) is 65.7 Å². The number of rotatable bonds is 9. The summed E-state index contributed by atoms with van der Waals surface area (Å²) < 4.78 is 4.97. The molecule has 29 heavy (non-hydrogen) atoms. The molecule has 0 aliphatic carbocycles. The summed E-state index contributed by atoms with van der Waals surface area (Å²) in [7, 11) is 0. The maximum Gasteiger partial charge on any atom is 0.331 e. The number of hydrogen-bond acceptors (Lipinski definition) is 5. The predicted molar refractivity (Wildman–Crippen MR) is 109 cm³/mol. The summed E-state index contributed by atoms with van der Waals surface area (Å²) >= 11 is 0. The van der Waals surface area contributed by atoms with Crippen LogP contribution in [0.3, 0.4) is 0 Å². The van der Waals surface area contributed by atoms with Gasteiger partial charge in [-0.1, -0.05) is 48.0 Å². The number of amides is 2. The zero-order chi connectivity index (χ0) is 21.2. The number of hydrogen-bond donors (Lipinski definition) is 3. The number of aryl methyl sites for hydroxylation is 1. The van der Waals surface area contributed by atoms with Crippen molar-refractivity contribution in [3.8, 4) is 0 Å². The molecule has 2 aromatic rings. The number of carbonyl (C=O) groups excluding carboxylic acids is 3. The highest BCUT2D eigenvalue weighted by molar-refractivity contribution is 5.94. The Labute approximate surface area is 170 Å². The first-order valence-electron chi connectivity index (χ1n) is 9.46. The van der Waals surface area contributed by atoms with E-state index in [1.165, 1.54) is 0 Å². The SMILES string of the molecule is CCOC(=O)[C@H](NC(=O)CCC(=O)Nc1ccc(C)cc1)[C@@H](O)c1ccccc1. The first-order chi connectivity index (χ1) is 13.9. The molecule has 0 aliphatic heterocycles. The number of ether oxygens (including phenoxy) is 1. The van der Waals surface area contributed by atoms with E-state index in [2.05, 4.69) is 10.6 Å². The molecule has 2 rings (SSSR count). The van der Waals surface area contributed by atoms with Crippen molar-refractivity contribution in [2.45, 2.75) is 38.8 Å². The lowest BCUT2D eigenvalue weighted by molar-refractivity contribution is -0.151. The van der Waals surface area contributed by atoms with Crippen LogP contribution in [-0.2, 0) is 19.1 Å². The van der Waals surface area contributed by atoms with E-state index in [0.717, 1.165) is 5.56 Å². The van der Waals surface area contributed by atoms with Crippen molar-refractivity contribution >= 4 is 23.5 Å². The predicted octanol–water partition coefficient (Wildman–Crippen LogP) is 2.50. The van der Waals surface area contributed by atoms with E-state index in [0.29, 0.717) is 11.3 Å². The third-order valence-corrected chi connectivity index (χ3v) is 4.23. The largest absolute Gasteiger partial charge is 0.464 e. The lowest BCUT2D eigenvalue weighted by Crippen LogP contribution is -2.46. The fourth-order valence-electron chi connectivity index (χ4n) is 2.67. The van der Waals surface area contributed by atoms with Gasteiger partial charge < -0.3 is 20.5 Å². The summed E-state index contributed by atoms with van der Waals surface area (Å²) in [5, 5.41) is 15.7. The zero-order valence-electron chi connectivity index (χ0n) is 16.6. The van der Waals surface area contributed by atoms with Crippen molar-refractivity contribution < 1.29 is 24.2 Å². The molecule has 0 spiro atoms. The van der Waals surface area contributed by atoms with Gasteiger partial charge in [-0.2, -0.15) is 0 Å². The lowest BCUT2D eigenvalue weighted by atomic mass is 10.0. The average molecular weight is 398 g/mol. The van der Waals surface area contributed by atoms with Crippen LogP contribution in [0.1, 0.15) is 37.0 Å². The van der Waals surface area contributed by atoms with Gasteiger partial charge in [-0.05, 0) is 31.5 Å². The molecule has 7 nitrogen and oxygen atoms in total. The average Bonchev–Trinajstić information content (AvgIpc) is 2.72. The first-order valence-corrected chi connectivity index (χ1v) is 9.46. The van der Waals surface area contributed by atoms with Crippen LogP contribution in [0.2, 0.25) is 0 Å². The van der Waals surface area contributed by atoms with Crippen molar-refractivity contribution in [3.63, 3.8) is 0 Å². The van der Waals surface area contributed by atoms with E-state index < -0.39 is 24.0 Å². The van der Waals surface area contributed by atoms with Gasteiger partial charge in [0.05, 0.1) is 6.61 Å². The summed E-state index contributed by atoms with van der Waals surface area (Å²) in [6, 6.07) is 14.6. The molecule has 2 aromatic carbocycles. The minimum atomic E-state index is -1.26. The minimum Gasteiger partial charge on any atom is -0.464 e. The van der Waals surface area contributed by atoms with Gasteiger partial charge in [-0.25, -0.2) is 4.79 Å². The number of carbonyl (C=O) groups is 3. The van der Waals surface area contributed by atoms with Crippen LogP contribution in [0.4, 0.5) is 5.69 Å². The smallest absolute Gasteiger partial charge is 0.331 e. The van der Waals surface area contributed by atoms with E-state index in [1.807, 2.05) is 19.1 Å². The molecule has 0 saturated heterocycles. The van der Waals surface area contributed by atoms with Gasteiger partial charge in [0.1, 0.15) is 6.10 Å². The highest BCUT2D eigenvalue weighted by atomic mass is 16.5. The first kappa shape index (κ1) is 22.1. The molecule has 0 saturated carbocycles. The molecule has 0 aliphatic rings. The second-order valence-electron chi connectivity index (χ2n) is 6.57. The van der Waals surface area contributed by atoms with E-state index in [4.69, 9.17) is 4.74 Å². The van der Waals surface area contributed by atoms with E-state index >= 15 is 0 Å². The molecule has 0 unspecified atom stereocenters. The van der Waals surface area contributed by atoms with Crippen LogP contribution < -0.4 is 10.6 Å². The summed E-state index contributed by atoms with van der Waals surface area (Å²) in [4.78, 5) is 36.6. The fourth-order valence-corrected chi connectivity index (χ4v) is 2.67. The van der Waals surface area contributed by atoms with Crippen molar-refractivity contribution in [1.29, 1.82) is 0 Å². The minimum absolute atomic E-state index is 0.0588. The highest BCUT2D eigenvalue weighted by Crippen LogP contribution is 2.18. The van der Waals surface area contributed by atoms with Crippen LogP contribution in [0.15, 0.2) is 54.6 Å². The Morgan fingerprint density at radius 2 is 1.59 bits per heavy atom. The maximum absolute atomic E-state index is 12.3. The molecule has 154 valence electrons. The second-order valence-corrected chi connectivity index (χ2v) is 6.57. The molecule has 0 bridgehead atoms. The van der Waals surface area contributed by atoms with Crippen molar-refractivity contribution in [2.24, 2.45) is 0 Å². The van der Waals surface area contributed by atoms with Crippen LogP contribution in [-0.4, -0.2) is 35.5 Å². The topological polar surface area (TPSA) is 105 Å². The number of nitrogens with one attached hydrogen (secondary N) is 2. The molecule has 3 N–H and O–H groups in total. The third kappa shape index (κ3) is 7.04. The summed E-state index contributed by atoms with van der Waals surface area (Å²) in [5.41, 5.74) is 2.19. The normalized spacial score (nSPS) is 12.5. The van der Waals surface area contributed by atoms with Crippen LogP contribution >= 0.6 is 0 Å². The van der Waals surface area contributed by atoms with Gasteiger partial charge in [0.15, 0.2) is 6.04 Å². The van der Waals surface area contributed by atoms with Gasteiger partial charge in [0, 0.05) is 18.5 Å². The quantitative estimate of drug-likeness (QED) is 0.563. The number of benzene rings is 2. The lowest BCUT2D eigenvalue weighted by Gasteiger charge is -2.22. The Morgan fingerprint density at radius 3 is 2.21 bits per heavy atom. The Bertz CT molecular complexity index is 821. The zero-order valence-corrected chi connectivity index (χ0v) is 16.6. The molecular weight excluding hydrogens is 372 g/mol. The number of esters is 1. The summed E-state index contributed by atoms with van der Waals surface area (Å²) in [6.07, 6.45) is -1.45. The number of anilines is 1. The van der Waals surface area contributed by atoms with Gasteiger partial charge in [0.25, 0.3) is 0 Å². The van der Waals surface area contributed by atoms with Crippen molar-refractivity contribution in [1.82, 2.24) is 5.32 Å². The van der Waals surface area contributed by atoms with Gasteiger partial charge >= 0.3 is 5.97 Å². The standard InChI is InChI=1S/C22H26N2O5/c1-3-29-22(28)20(21(27)16-7-5-4-6-8-16)24-19(26)14-13-18(25)23-17-11-9-15(2)10-12-17/h4-12,20-21,27H,3,13-14H2,1-2H3,(H,23,25)(H,24,26)/t20-,21+/m1/s1. The van der Waals surface area contributed by atoms with Crippen LogP contribution in [0, 0.1) is 6.92 Å². The third-order valence-electron chi connectivity index (χ3n) is 4.23. The van der Waals surface area contributed by atoms with E-state index in [9.17, 15) is 19.5 Å². The highest BCUT2D eigenvalue weighted by Gasteiger charge is 2.31. The van der Waals surface area contributed by atoms with E-state index in [-0.39, 0.29) is 25.4 Å². The maximum atomic E-state index is 12.3. The molecule has 7 heteroatoms. The fraction of sp³-hybridized carbons (Fsp3) is 0.318. The summed E-state index contributed by atoms with van der Waals surface area (Å²) in [6.45, 7) is 3.70. The number of aliphatic hydroxyl groups is 1.